The molecule has 4 rings (SSSR count). The second kappa shape index (κ2) is 7.78. The SMILES string of the molecule is Cc1ccc(S(=O)(=O)N(Cc2ccc(Cl)cc2)c2ccc3c(c2)nc(C)n3C)cc1. The molecule has 0 saturated carbocycles. The van der Waals surface area contributed by atoms with Gasteiger partial charge >= 0.3 is 0 Å². The minimum Gasteiger partial charge on any atom is -0.331 e. The van der Waals surface area contributed by atoms with Crippen LogP contribution in [-0.2, 0) is 23.6 Å². The van der Waals surface area contributed by atoms with Crippen LogP contribution in [0.25, 0.3) is 11.0 Å². The summed E-state index contributed by atoms with van der Waals surface area (Å²) in [6.45, 7) is 4.04. The predicted molar refractivity (Wildman–Crippen MR) is 121 cm³/mol. The highest BCUT2D eigenvalue weighted by Crippen LogP contribution is 2.29. The van der Waals surface area contributed by atoms with Gasteiger partial charge in [-0.15, -0.1) is 0 Å². The Morgan fingerprint density at radius 1 is 0.967 bits per heavy atom. The van der Waals surface area contributed by atoms with E-state index >= 15 is 0 Å². The van der Waals surface area contributed by atoms with Crippen LogP contribution in [0, 0.1) is 13.8 Å². The number of sulfonamides is 1. The summed E-state index contributed by atoms with van der Waals surface area (Å²) >= 11 is 6.01. The molecule has 0 atom stereocenters. The average molecular weight is 440 g/mol. The molecule has 0 unspecified atom stereocenters. The predicted octanol–water partition coefficient (Wildman–Crippen LogP) is 5.24. The summed E-state index contributed by atoms with van der Waals surface area (Å²) in [6.07, 6.45) is 0. The Morgan fingerprint density at radius 3 is 2.30 bits per heavy atom. The first-order valence-corrected chi connectivity index (χ1v) is 11.3. The quantitative estimate of drug-likeness (QED) is 0.427. The van der Waals surface area contributed by atoms with Crippen molar-refractivity contribution in [3.05, 3.63) is 88.7 Å². The number of aromatic nitrogens is 2. The van der Waals surface area contributed by atoms with Crippen LogP contribution in [0.3, 0.4) is 0 Å². The number of hydrogen-bond donors (Lipinski definition) is 0. The van der Waals surface area contributed by atoms with Gasteiger partial charge in [-0.1, -0.05) is 41.4 Å². The van der Waals surface area contributed by atoms with Crippen molar-refractivity contribution in [1.29, 1.82) is 0 Å². The molecular weight excluding hydrogens is 418 g/mol. The molecular formula is C23H22ClN3O2S. The lowest BCUT2D eigenvalue weighted by atomic mass is 10.2. The summed E-state index contributed by atoms with van der Waals surface area (Å²) in [7, 11) is -1.84. The van der Waals surface area contributed by atoms with Gasteiger partial charge in [-0.3, -0.25) is 4.31 Å². The standard InChI is InChI=1S/C23H22ClN3O2S/c1-16-4-11-21(12-5-16)30(28,29)27(15-18-6-8-19(24)9-7-18)20-10-13-23-22(14-20)25-17(2)26(23)3/h4-14H,15H2,1-3H3. The first-order chi connectivity index (χ1) is 14.3. The number of rotatable bonds is 5. The van der Waals surface area contributed by atoms with E-state index in [1.54, 1.807) is 36.4 Å². The van der Waals surface area contributed by atoms with Gasteiger partial charge in [0.2, 0.25) is 0 Å². The highest BCUT2D eigenvalue weighted by molar-refractivity contribution is 7.92. The number of fused-ring (bicyclic) bond motifs is 1. The number of halogens is 1. The van der Waals surface area contributed by atoms with Gasteiger partial charge in [-0.05, 0) is 61.9 Å². The van der Waals surface area contributed by atoms with E-state index in [0.29, 0.717) is 10.7 Å². The number of anilines is 1. The van der Waals surface area contributed by atoms with Crippen molar-refractivity contribution in [1.82, 2.24) is 9.55 Å². The van der Waals surface area contributed by atoms with E-state index in [9.17, 15) is 8.42 Å². The van der Waals surface area contributed by atoms with Crippen molar-refractivity contribution in [3.8, 4) is 0 Å². The van der Waals surface area contributed by atoms with Crippen molar-refractivity contribution < 1.29 is 8.42 Å². The highest BCUT2D eigenvalue weighted by atomic mass is 35.5. The third-order valence-corrected chi connectivity index (χ3v) is 7.26. The second-order valence-corrected chi connectivity index (χ2v) is 9.64. The molecule has 0 fully saturated rings. The van der Waals surface area contributed by atoms with Crippen molar-refractivity contribution >= 4 is 38.3 Å². The molecule has 1 heterocycles. The lowest BCUT2D eigenvalue weighted by Crippen LogP contribution is -2.30. The van der Waals surface area contributed by atoms with E-state index in [1.165, 1.54) is 4.31 Å². The summed E-state index contributed by atoms with van der Waals surface area (Å²) < 4.78 is 30.6. The number of nitrogens with zero attached hydrogens (tertiary/aromatic N) is 3. The minimum absolute atomic E-state index is 0.185. The molecule has 4 aromatic rings. The molecule has 3 aromatic carbocycles. The van der Waals surface area contributed by atoms with E-state index in [1.807, 2.05) is 55.8 Å². The molecule has 154 valence electrons. The third-order valence-electron chi connectivity index (χ3n) is 5.22. The van der Waals surface area contributed by atoms with Crippen LogP contribution in [0.5, 0.6) is 0 Å². The molecule has 0 amide bonds. The number of aryl methyl sites for hydroxylation is 3. The molecule has 0 spiro atoms. The lowest BCUT2D eigenvalue weighted by molar-refractivity contribution is 0.590. The number of benzene rings is 3. The maximum atomic E-state index is 13.6. The Labute approximate surface area is 181 Å². The Hall–Kier alpha value is -2.83. The zero-order chi connectivity index (χ0) is 21.5. The van der Waals surface area contributed by atoms with Crippen LogP contribution in [0.4, 0.5) is 5.69 Å². The fourth-order valence-electron chi connectivity index (χ4n) is 3.37. The fourth-order valence-corrected chi connectivity index (χ4v) is 4.94. The molecule has 0 aliphatic rings. The smallest absolute Gasteiger partial charge is 0.264 e. The van der Waals surface area contributed by atoms with Gasteiger partial charge < -0.3 is 4.57 Å². The van der Waals surface area contributed by atoms with E-state index in [2.05, 4.69) is 4.98 Å². The van der Waals surface area contributed by atoms with Gasteiger partial charge in [0.1, 0.15) is 5.82 Å². The summed E-state index contributed by atoms with van der Waals surface area (Å²) in [5, 5.41) is 0.608. The molecule has 0 bridgehead atoms. The van der Waals surface area contributed by atoms with Crippen LogP contribution < -0.4 is 4.31 Å². The van der Waals surface area contributed by atoms with E-state index in [-0.39, 0.29) is 11.4 Å². The summed E-state index contributed by atoms with van der Waals surface area (Å²) in [5.74, 6) is 0.868. The molecule has 1 aromatic heterocycles. The Morgan fingerprint density at radius 2 is 1.63 bits per heavy atom. The van der Waals surface area contributed by atoms with Crippen molar-refractivity contribution in [3.63, 3.8) is 0 Å². The summed E-state index contributed by atoms with van der Waals surface area (Å²) in [4.78, 5) is 4.81. The summed E-state index contributed by atoms with van der Waals surface area (Å²) in [5.41, 5.74) is 4.12. The van der Waals surface area contributed by atoms with Crippen LogP contribution in [0.15, 0.2) is 71.6 Å². The topological polar surface area (TPSA) is 55.2 Å². The Balaban J connectivity index is 1.84. The van der Waals surface area contributed by atoms with Gasteiger partial charge in [0.15, 0.2) is 0 Å². The molecule has 7 heteroatoms. The molecule has 0 aliphatic heterocycles. The maximum absolute atomic E-state index is 13.6. The number of hydrogen-bond acceptors (Lipinski definition) is 3. The Kier molecular flexibility index (Phi) is 5.30. The normalized spacial score (nSPS) is 11.7. The van der Waals surface area contributed by atoms with Gasteiger partial charge in [0, 0.05) is 12.1 Å². The molecule has 0 saturated heterocycles. The fraction of sp³-hybridized carbons (Fsp3) is 0.174. The van der Waals surface area contributed by atoms with Crippen LogP contribution in [0.2, 0.25) is 5.02 Å². The first-order valence-electron chi connectivity index (χ1n) is 9.52. The molecule has 30 heavy (non-hydrogen) atoms. The second-order valence-electron chi connectivity index (χ2n) is 7.34. The Bertz CT molecular complexity index is 1310. The van der Waals surface area contributed by atoms with Crippen molar-refractivity contribution in [2.45, 2.75) is 25.3 Å². The molecule has 0 radical (unpaired) electrons. The molecule has 5 nitrogen and oxygen atoms in total. The monoisotopic (exact) mass is 439 g/mol. The van der Waals surface area contributed by atoms with E-state index < -0.39 is 10.0 Å². The highest BCUT2D eigenvalue weighted by Gasteiger charge is 2.26. The third kappa shape index (κ3) is 3.80. The molecule has 0 N–H and O–H groups in total. The van der Waals surface area contributed by atoms with Crippen LogP contribution in [0.1, 0.15) is 17.0 Å². The van der Waals surface area contributed by atoms with Crippen molar-refractivity contribution in [2.75, 3.05) is 4.31 Å². The van der Waals surface area contributed by atoms with Gasteiger partial charge in [-0.2, -0.15) is 0 Å². The minimum atomic E-state index is -3.79. The van der Waals surface area contributed by atoms with Gasteiger partial charge in [0.05, 0.1) is 28.2 Å². The molecule has 0 aliphatic carbocycles. The number of imidazole rings is 1. The van der Waals surface area contributed by atoms with E-state index in [0.717, 1.165) is 28.0 Å². The first kappa shape index (κ1) is 20.4. The van der Waals surface area contributed by atoms with Crippen LogP contribution >= 0.6 is 11.6 Å². The zero-order valence-electron chi connectivity index (χ0n) is 17.0. The zero-order valence-corrected chi connectivity index (χ0v) is 18.6. The van der Waals surface area contributed by atoms with Gasteiger partial charge in [0.25, 0.3) is 10.0 Å². The van der Waals surface area contributed by atoms with Gasteiger partial charge in [-0.25, -0.2) is 13.4 Å². The largest absolute Gasteiger partial charge is 0.331 e. The van der Waals surface area contributed by atoms with Crippen LogP contribution in [-0.4, -0.2) is 18.0 Å². The van der Waals surface area contributed by atoms with Crippen molar-refractivity contribution in [2.24, 2.45) is 7.05 Å². The summed E-state index contributed by atoms with van der Waals surface area (Å²) in [6, 6.07) is 19.6. The maximum Gasteiger partial charge on any atom is 0.264 e. The average Bonchev–Trinajstić information content (AvgIpc) is 3.01. The lowest BCUT2D eigenvalue weighted by Gasteiger charge is -2.25. The van der Waals surface area contributed by atoms with E-state index in [4.69, 9.17) is 11.6 Å².